The van der Waals surface area contributed by atoms with Gasteiger partial charge < -0.3 is 15.3 Å². The molecule has 1 saturated carbocycles. The Balaban J connectivity index is 2.27. The zero-order valence-electron chi connectivity index (χ0n) is 19.4. The number of allylic oxidation sites excluding steroid dienone is 1. The third-order valence-electron chi connectivity index (χ3n) is 6.40. The number of carboxylic acid groups (broad SMARTS) is 2. The zero-order valence-corrected chi connectivity index (χ0v) is 20.2. The number of unbranched alkanes of at least 4 members (excludes halogenated alkanes) is 11. The molecular weight excluding hydrogens is 412 g/mol. The highest BCUT2D eigenvalue weighted by atomic mass is 32.2. The van der Waals surface area contributed by atoms with Crippen molar-refractivity contribution in [2.45, 2.75) is 121 Å². The largest absolute Gasteiger partial charge is 0.481 e. The minimum absolute atomic E-state index is 0.0574. The number of aliphatic carboxylic acids is 2. The normalized spacial score (nSPS) is 22.6. The van der Waals surface area contributed by atoms with Crippen LogP contribution in [0.4, 0.5) is 0 Å². The van der Waals surface area contributed by atoms with E-state index in [1.54, 1.807) is 0 Å². The summed E-state index contributed by atoms with van der Waals surface area (Å²) in [7, 11) is 0. The molecule has 6 heteroatoms. The molecule has 1 rings (SSSR count). The Hall–Kier alpha value is -1.01. The summed E-state index contributed by atoms with van der Waals surface area (Å²) in [6.45, 7) is 2.25. The van der Waals surface area contributed by atoms with Gasteiger partial charge in [0, 0.05) is 0 Å². The van der Waals surface area contributed by atoms with Crippen molar-refractivity contribution in [1.29, 1.82) is 0 Å². The zero-order chi connectivity index (χ0) is 23.0. The van der Waals surface area contributed by atoms with Gasteiger partial charge in [-0.2, -0.15) is 0 Å². The summed E-state index contributed by atoms with van der Waals surface area (Å²) >= 11 is 1.25. The van der Waals surface area contributed by atoms with Gasteiger partial charge >= 0.3 is 11.9 Å². The lowest BCUT2D eigenvalue weighted by molar-refractivity contribution is -0.144. The molecule has 31 heavy (non-hydrogen) atoms. The van der Waals surface area contributed by atoms with E-state index in [-0.39, 0.29) is 11.0 Å². The molecule has 1 unspecified atom stereocenters. The highest BCUT2D eigenvalue weighted by Gasteiger charge is 2.41. The highest BCUT2D eigenvalue weighted by molar-refractivity contribution is 8.00. The first kappa shape index (κ1) is 28.0. The summed E-state index contributed by atoms with van der Waals surface area (Å²) < 4.78 is 0. The predicted octanol–water partition coefficient (Wildman–Crippen LogP) is 6.44. The van der Waals surface area contributed by atoms with Crippen molar-refractivity contribution in [2.24, 2.45) is 5.92 Å². The molecule has 1 aliphatic carbocycles. The summed E-state index contributed by atoms with van der Waals surface area (Å²) in [6.07, 6.45) is 21.1. The first-order valence-electron chi connectivity index (χ1n) is 12.3. The number of hydrogen-bond donors (Lipinski definition) is 3. The molecule has 1 aliphatic rings. The smallest absolute Gasteiger partial charge is 0.313 e. The van der Waals surface area contributed by atoms with Crippen molar-refractivity contribution in [3.05, 3.63) is 12.2 Å². The van der Waals surface area contributed by atoms with Gasteiger partial charge in [0.15, 0.2) is 0 Å². The molecule has 0 heterocycles. The third-order valence-corrected chi connectivity index (χ3v) is 7.77. The lowest BCUT2D eigenvalue weighted by Crippen LogP contribution is -2.44. The molecule has 1 fully saturated rings. The lowest BCUT2D eigenvalue weighted by atomic mass is 9.77. The van der Waals surface area contributed by atoms with Gasteiger partial charge in [-0.15, -0.1) is 11.8 Å². The van der Waals surface area contributed by atoms with Crippen LogP contribution in [-0.4, -0.2) is 43.9 Å². The van der Waals surface area contributed by atoms with E-state index in [9.17, 15) is 19.8 Å². The van der Waals surface area contributed by atoms with Crippen LogP contribution in [0.2, 0.25) is 0 Å². The fourth-order valence-corrected chi connectivity index (χ4v) is 5.44. The minimum atomic E-state index is -1.01. The average molecular weight is 457 g/mol. The molecule has 3 N–H and O–H groups in total. The molecule has 0 spiro atoms. The van der Waals surface area contributed by atoms with Crippen LogP contribution in [0.5, 0.6) is 0 Å². The van der Waals surface area contributed by atoms with Gasteiger partial charge in [0.05, 0.1) is 22.5 Å². The number of hydrogen-bond acceptors (Lipinski definition) is 4. The average Bonchev–Trinajstić information content (AvgIpc) is 2.73. The second-order valence-electron chi connectivity index (χ2n) is 9.09. The van der Waals surface area contributed by atoms with E-state index in [4.69, 9.17) is 5.11 Å². The topological polar surface area (TPSA) is 94.8 Å². The number of carboxylic acids is 2. The van der Waals surface area contributed by atoms with Crippen LogP contribution in [0.25, 0.3) is 0 Å². The molecular formula is C25H44O5S. The van der Waals surface area contributed by atoms with Crippen LogP contribution < -0.4 is 0 Å². The van der Waals surface area contributed by atoms with Crippen molar-refractivity contribution in [3.63, 3.8) is 0 Å². The summed E-state index contributed by atoms with van der Waals surface area (Å²) in [5.74, 6) is -2.15. The quantitative estimate of drug-likeness (QED) is 0.162. The number of carbonyl (C=O) groups is 2. The summed E-state index contributed by atoms with van der Waals surface area (Å²) in [4.78, 5) is 22.2. The number of thioether (sulfide) groups is 1. The van der Waals surface area contributed by atoms with E-state index in [1.165, 1.54) is 76.0 Å². The van der Waals surface area contributed by atoms with Crippen LogP contribution in [0.15, 0.2) is 12.2 Å². The first-order valence-corrected chi connectivity index (χ1v) is 13.4. The van der Waals surface area contributed by atoms with Gasteiger partial charge in [-0.3, -0.25) is 9.59 Å². The predicted molar refractivity (Wildman–Crippen MR) is 129 cm³/mol. The number of rotatable bonds is 18. The molecule has 1 atom stereocenters. The third kappa shape index (κ3) is 12.6. The molecule has 180 valence electrons. The monoisotopic (exact) mass is 456 g/mol. The van der Waals surface area contributed by atoms with Crippen LogP contribution in [0.1, 0.15) is 110 Å². The molecule has 5 nitrogen and oxygen atoms in total. The second-order valence-corrected chi connectivity index (χ2v) is 10.2. The van der Waals surface area contributed by atoms with Gasteiger partial charge in [-0.05, 0) is 38.5 Å². The lowest BCUT2D eigenvalue weighted by Gasteiger charge is -2.39. The van der Waals surface area contributed by atoms with Gasteiger partial charge in [-0.25, -0.2) is 0 Å². The Morgan fingerprint density at radius 2 is 1.45 bits per heavy atom. The number of aliphatic hydroxyl groups is 1. The Morgan fingerprint density at radius 3 is 1.94 bits per heavy atom. The molecule has 0 aromatic heterocycles. The summed E-state index contributed by atoms with van der Waals surface area (Å²) in [6, 6.07) is 0. The van der Waals surface area contributed by atoms with E-state index in [0.717, 1.165) is 12.8 Å². The molecule has 0 aromatic carbocycles. The molecule has 0 amide bonds. The van der Waals surface area contributed by atoms with E-state index >= 15 is 0 Å². The Labute approximate surface area is 193 Å². The minimum Gasteiger partial charge on any atom is -0.481 e. The van der Waals surface area contributed by atoms with Gasteiger partial charge in [0.2, 0.25) is 0 Å². The highest BCUT2D eigenvalue weighted by Crippen LogP contribution is 2.39. The molecule has 0 aromatic rings. The maximum Gasteiger partial charge on any atom is 0.313 e. The van der Waals surface area contributed by atoms with Crippen molar-refractivity contribution in [1.82, 2.24) is 0 Å². The standard InChI is InChI=1S/C25H44O5S/c1-2-3-4-5-6-7-8-9-10-11-12-13-14-15-22(31-20-23(26)27)25(30)18-16-21(17-19-25)24(28)29/h14-15,21-22,30H,2-13,16-20H2,1H3,(H,26,27)(H,28,29)/b15-14-. The second kappa shape index (κ2) is 16.6. The Morgan fingerprint density at radius 1 is 0.935 bits per heavy atom. The van der Waals surface area contributed by atoms with Crippen molar-refractivity contribution >= 4 is 23.7 Å². The summed E-state index contributed by atoms with van der Waals surface area (Å²) in [5, 5.41) is 29.0. The maximum atomic E-state index is 11.2. The van der Waals surface area contributed by atoms with E-state index < -0.39 is 23.5 Å². The van der Waals surface area contributed by atoms with Crippen molar-refractivity contribution < 1.29 is 24.9 Å². The molecule has 0 bridgehead atoms. The van der Waals surface area contributed by atoms with E-state index in [2.05, 4.69) is 13.0 Å². The van der Waals surface area contributed by atoms with Gasteiger partial charge in [0.25, 0.3) is 0 Å². The molecule has 0 radical (unpaired) electrons. The SMILES string of the molecule is CCCCCCCCCCCCC/C=C\C(SCC(=O)O)C1(O)CCC(C(=O)O)CC1. The van der Waals surface area contributed by atoms with Crippen LogP contribution in [0, 0.1) is 5.92 Å². The fourth-order valence-electron chi connectivity index (χ4n) is 4.35. The first-order chi connectivity index (χ1) is 14.9. The molecule has 0 aliphatic heterocycles. The van der Waals surface area contributed by atoms with E-state index in [1.807, 2.05) is 6.08 Å². The van der Waals surface area contributed by atoms with Gasteiger partial charge in [-0.1, -0.05) is 83.3 Å². The van der Waals surface area contributed by atoms with Crippen LogP contribution in [0.3, 0.4) is 0 Å². The van der Waals surface area contributed by atoms with Gasteiger partial charge in [0.1, 0.15) is 0 Å². The fraction of sp³-hybridized carbons (Fsp3) is 0.840. The molecule has 0 saturated heterocycles. The van der Waals surface area contributed by atoms with E-state index in [0.29, 0.717) is 25.7 Å². The van der Waals surface area contributed by atoms with Crippen molar-refractivity contribution in [2.75, 3.05) is 5.75 Å². The van der Waals surface area contributed by atoms with Crippen LogP contribution in [-0.2, 0) is 9.59 Å². The summed E-state index contributed by atoms with van der Waals surface area (Å²) in [5.41, 5.74) is -1.01. The van der Waals surface area contributed by atoms with Crippen molar-refractivity contribution in [3.8, 4) is 0 Å². The Kier molecular flexibility index (Phi) is 15.0. The maximum absolute atomic E-state index is 11.2. The van der Waals surface area contributed by atoms with Crippen LogP contribution >= 0.6 is 11.8 Å². The Bertz CT molecular complexity index is 526.